The molecule has 5 heteroatoms. The van der Waals surface area contributed by atoms with E-state index in [1.54, 1.807) is 24.3 Å². The minimum Gasteiger partial charge on any atom is -0.305 e. The lowest BCUT2D eigenvalue weighted by atomic mass is 9.49. The highest BCUT2D eigenvalue weighted by atomic mass is 35.5. The SMILES string of the molecule is O=C1C[C@@H](NCCC23CC4CC(CC(C4)C2)C3)C(=O)N1c1ccc(Cl)cc1. The van der Waals surface area contributed by atoms with Gasteiger partial charge < -0.3 is 5.32 Å². The molecule has 0 unspecified atom stereocenters. The lowest BCUT2D eigenvalue weighted by molar-refractivity contribution is -0.121. The second-order valence-corrected chi connectivity index (χ2v) is 9.86. The molecule has 1 aromatic rings. The zero-order valence-corrected chi connectivity index (χ0v) is 16.4. The normalized spacial score (nSPS) is 37.4. The molecular weight excluding hydrogens is 360 g/mol. The quantitative estimate of drug-likeness (QED) is 0.772. The molecule has 4 saturated carbocycles. The van der Waals surface area contributed by atoms with E-state index in [1.807, 2.05) is 0 Å². The van der Waals surface area contributed by atoms with Gasteiger partial charge in [-0.2, -0.15) is 0 Å². The molecule has 1 aliphatic heterocycles. The van der Waals surface area contributed by atoms with Gasteiger partial charge in [-0.3, -0.25) is 9.59 Å². The van der Waals surface area contributed by atoms with Crippen molar-refractivity contribution in [1.82, 2.24) is 5.32 Å². The molecule has 5 aliphatic rings. The van der Waals surface area contributed by atoms with Gasteiger partial charge >= 0.3 is 0 Å². The molecule has 144 valence electrons. The van der Waals surface area contributed by atoms with Crippen LogP contribution >= 0.6 is 11.6 Å². The number of amides is 2. The van der Waals surface area contributed by atoms with Crippen LogP contribution < -0.4 is 10.2 Å². The van der Waals surface area contributed by atoms with Gasteiger partial charge in [-0.15, -0.1) is 0 Å². The van der Waals surface area contributed by atoms with Crippen LogP contribution in [0.3, 0.4) is 0 Å². The number of imide groups is 1. The lowest BCUT2D eigenvalue weighted by Gasteiger charge is -2.57. The van der Waals surface area contributed by atoms with Gasteiger partial charge in [-0.25, -0.2) is 4.90 Å². The predicted molar refractivity (Wildman–Crippen MR) is 106 cm³/mol. The number of nitrogens with zero attached hydrogens (tertiary/aromatic N) is 1. The Morgan fingerprint density at radius 2 is 1.59 bits per heavy atom. The third kappa shape index (κ3) is 3.21. The van der Waals surface area contributed by atoms with Crippen LogP contribution in [0.2, 0.25) is 5.02 Å². The van der Waals surface area contributed by atoms with E-state index in [0.29, 0.717) is 16.1 Å². The number of benzene rings is 1. The van der Waals surface area contributed by atoms with Crippen molar-refractivity contribution >= 4 is 29.1 Å². The van der Waals surface area contributed by atoms with E-state index in [2.05, 4.69) is 5.32 Å². The molecule has 4 aliphatic carbocycles. The molecule has 4 bridgehead atoms. The van der Waals surface area contributed by atoms with Gasteiger partial charge in [0.15, 0.2) is 0 Å². The molecule has 5 fully saturated rings. The molecular formula is C22H27ClN2O2. The Morgan fingerprint density at radius 3 is 2.19 bits per heavy atom. The summed E-state index contributed by atoms with van der Waals surface area (Å²) in [6.45, 7) is 0.838. The van der Waals surface area contributed by atoms with Crippen LogP contribution in [-0.4, -0.2) is 24.4 Å². The zero-order valence-electron chi connectivity index (χ0n) is 15.6. The van der Waals surface area contributed by atoms with Crippen LogP contribution in [0.4, 0.5) is 5.69 Å². The Balaban J connectivity index is 1.20. The maximum Gasteiger partial charge on any atom is 0.251 e. The van der Waals surface area contributed by atoms with Gasteiger partial charge in [0.2, 0.25) is 5.91 Å². The minimum absolute atomic E-state index is 0.130. The summed E-state index contributed by atoms with van der Waals surface area (Å²) in [6.07, 6.45) is 9.92. The lowest BCUT2D eigenvalue weighted by Crippen LogP contribution is -2.48. The summed E-state index contributed by atoms with van der Waals surface area (Å²) < 4.78 is 0. The van der Waals surface area contributed by atoms with Crippen LogP contribution in [0.25, 0.3) is 0 Å². The van der Waals surface area contributed by atoms with Gasteiger partial charge in [-0.05, 0) is 98.9 Å². The van der Waals surface area contributed by atoms with Crippen molar-refractivity contribution in [3.8, 4) is 0 Å². The fourth-order valence-corrected chi connectivity index (χ4v) is 6.89. The standard InChI is InChI=1S/C22H27ClN2O2/c23-17-1-3-18(4-2-17)25-20(26)10-19(21(25)27)24-6-5-22-11-14-7-15(12-22)9-16(8-14)13-22/h1-4,14-16,19,24H,5-13H2/t14?,15?,16?,19-,22?/m1/s1. The molecule has 1 heterocycles. The number of hydrogen-bond acceptors (Lipinski definition) is 3. The monoisotopic (exact) mass is 386 g/mol. The maximum atomic E-state index is 12.8. The Morgan fingerprint density at radius 1 is 1.00 bits per heavy atom. The van der Waals surface area contributed by atoms with Crippen LogP contribution in [-0.2, 0) is 9.59 Å². The van der Waals surface area contributed by atoms with E-state index in [0.717, 1.165) is 30.7 Å². The summed E-state index contributed by atoms with van der Waals surface area (Å²) in [5.41, 5.74) is 1.11. The van der Waals surface area contributed by atoms with Crippen LogP contribution in [0.5, 0.6) is 0 Å². The van der Waals surface area contributed by atoms with Crippen molar-refractivity contribution in [2.24, 2.45) is 23.2 Å². The number of carbonyl (C=O) groups excluding carboxylic acids is 2. The summed E-state index contributed by atoms with van der Waals surface area (Å²) in [5.74, 6) is 2.59. The van der Waals surface area contributed by atoms with Crippen molar-refractivity contribution in [3.63, 3.8) is 0 Å². The summed E-state index contributed by atoms with van der Waals surface area (Å²) in [5, 5.41) is 4.01. The zero-order chi connectivity index (χ0) is 18.6. The topological polar surface area (TPSA) is 49.4 Å². The first-order chi connectivity index (χ1) is 13.0. The molecule has 1 saturated heterocycles. The molecule has 6 rings (SSSR count). The van der Waals surface area contributed by atoms with Crippen LogP contribution in [0, 0.1) is 23.2 Å². The first kappa shape index (κ1) is 17.7. The van der Waals surface area contributed by atoms with Gasteiger partial charge in [-0.1, -0.05) is 11.6 Å². The first-order valence-corrected chi connectivity index (χ1v) is 10.7. The van der Waals surface area contributed by atoms with Crippen LogP contribution in [0.1, 0.15) is 51.4 Å². The first-order valence-electron chi connectivity index (χ1n) is 10.4. The predicted octanol–water partition coefficient (Wildman–Crippen LogP) is 4.17. The Labute approximate surface area is 165 Å². The maximum absolute atomic E-state index is 12.8. The fraction of sp³-hybridized carbons (Fsp3) is 0.636. The third-order valence-corrected chi connectivity index (χ3v) is 7.69. The van der Waals surface area contributed by atoms with E-state index in [-0.39, 0.29) is 24.3 Å². The summed E-state index contributed by atoms with van der Waals surface area (Å²) in [4.78, 5) is 26.5. The Kier molecular flexibility index (Phi) is 4.32. The molecule has 27 heavy (non-hydrogen) atoms. The molecule has 0 spiro atoms. The second kappa shape index (κ2) is 6.59. The molecule has 1 atom stereocenters. The second-order valence-electron chi connectivity index (χ2n) is 9.42. The molecule has 0 aromatic heterocycles. The summed E-state index contributed by atoms with van der Waals surface area (Å²) in [6, 6.07) is 6.50. The van der Waals surface area contributed by atoms with Gasteiger partial charge in [0.05, 0.1) is 18.2 Å². The highest BCUT2D eigenvalue weighted by Gasteiger charge is 2.50. The number of anilines is 1. The van der Waals surface area contributed by atoms with Crippen molar-refractivity contribution in [2.75, 3.05) is 11.4 Å². The summed E-state index contributed by atoms with van der Waals surface area (Å²) in [7, 11) is 0. The Bertz CT molecular complexity index is 725. The molecule has 4 nitrogen and oxygen atoms in total. The smallest absolute Gasteiger partial charge is 0.251 e. The van der Waals surface area contributed by atoms with E-state index >= 15 is 0 Å². The van der Waals surface area contributed by atoms with Crippen molar-refractivity contribution in [3.05, 3.63) is 29.3 Å². The van der Waals surface area contributed by atoms with Crippen molar-refractivity contribution in [2.45, 2.75) is 57.4 Å². The highest BCUT2D eigenvalue weighted by Crippen LogP contribution is 2.61. The molecule has 0 radical (unpaired) electrons. The van der Waals surface area contributed by atoms with Gasteiger partial charge in [0.25, 0.3) is 5.91 Å². The Hall–Kier alpha value is -1.39. The van der Waals surface area contributed by atoms with E-state index in [4.69, 9.17) is 11.6 Å². The highest BCUT2D eigenvalue weighted by molar-refractivity contribution is 6.30. The number of nitrogens with one attached hydrogen (secondary N) is 1. The number of hydrogen-bond donors (Lipinski definition) is 1. The van der Waals surface area contributed by atoms with E-state index in [1.165, 1.54) is 43.4 Å². The van der Waals surface area contributed by atoms with E-state index < -0.39 is 0 Å². The van der Waals surface area contributed by atoms with Crippen LogP contribution in [0.15, 0.2) is 24.3 Å². The number of carbonyl (C=O) groups is 2. The third-order valence-electron chi connectivity index (χ3n) is 7.44. The number of rotatable bonds is 5. The van der Waals surface area contributed by atoms with Gasteiger partial charge in [0.1, 0.15) is 0 Å². The average Bonchev–Trinajstić information content (AvgIpc) is 2.88. The molecule has 1 N–H and O–H groups in total. The fourth-order valence-electron chi connectivity index (χ4n) is 6.76. The molecule has 1 aromatic carbocycles. The largest absolute Gasteiger partial charge is 0.305 e. The van der Waals surface area contributed by atoms with E-state index in [9.17, 15) is 9.59 Å². The minimum atomic E-state index is -0.387. The summed E-state index contributed by atoms with van der Waals surface area (Å²) >= 11 is 5.92. The average molecular weight is 387 g/mol. The van der Waals surface area contributed by atoms with Crippen molar-refractivity contribution < 1.29 is 9.59 Å². The van der Waals surface area contributed by atoms with Crippen molar-refractivity contribution in [1.29, 1.82) is 0 Å². The number of halogens is 1. The molecule has 2 amide bonds. The van der Waals surface area contributed by atoms with Gasteiger partial charge in [0, 0.05) is 5.02 Å².